The summed E-state index contributed by atoms with van der Waals surface area (Å²) in [5, 5.41) is 20.6. The SMILES string of the molecule is CCCCCCCCCCCCC(C(=O)O)c1ccccc1[N+](=O)[O-]. The van der Waals surface area contributed by atoms with E-state index in [0.29, 0.717) is 12.0 Å². The van der Waals surface area contributed by atoms with Crippen LogP contribution >= 0.6 is 0 Å². The molecule has 1 N–H and O–H groups in total. The molecule has 0 aliphatic carbocycles. The zero-order valence-electron chi connectivity index (χ0n) is 15.3. The Morgan fingerprint density at radius 2 is 1.52 bits per heavy atom. The second-order valence-electron chi connectivity index (χ2n) is 6.68. The van der Waals surface area contributed by atoms with Gasteiger partial charge >= 0.3 is 5.97 Å². The first-order chi connectivity index (χ1) is 12.1. The molecule has 1 unspecified atom stereocenters. The van der Waals surface area contributed by atoms with Crippen LogP contribution in [0.1, 0.15) is 89.0 Å². The van der Waals surface area contributed by atoms with E-state index in [4.69, 9.17) is 0 Å². The van der Waals surface area contributed by atoms with Crippen LogP contribution in [-0.2, 0) is 4.79 Å². The molecule has 0 aliphatic heterocycles. The second kappa shape index (κ2) is 12.5. The smallest absolute Gasteiger partial charge is 0.311 e. The third-order valence-corrected chi connectivity index (χ3v) is 4.65. The standard InChI is InChI=1S/C20H31NO4/c1-2-3-4-5-6-7-8-9-10-11-15-18(20(22)23)17-14-12-13-16-19(17)21(24)25/h12-14,16,18H,2-11,15H2,1H3,(H,22,23). The van der Waals surface area contributed by atoms with Gasteiger partial charge in [0.05, 0.1) is 10.8 Å². The molecule has 0 spiro atoms. The highest BCUT2D eigenvalue weighted by Gasteiger charge is 2.26. The number of carboxylic acid groups (broad SMARTS) is 1. The highest BCUT2D eigenvalue weighted by atomic mass is 16.6. The van der Waals surface area contributed by atoms with Gasteiger partial charge in [-0.3, -0.25) is 14.9 Å². The maximum absolute atomic E-state index is 11.5. The van der Waals surface area contributed by atoms with Gasteiger partial charge in [-0.2, -0.15) is 0 Å². The van der Waals surface area contributed by atoms with Crippen molar-refractivity contribution in [2.24, 2.45) is 0 Å². The fourth-order valence-electron chi connectivity index (χ4n) is 3.20. The van der Waals surface area contributed by atoms with Crippen molar-refractivity contribution in [3.63, 3.8) is 0 Å². The molecule has 0 bridgehead atoms. The number of nitro benzene ring substituents is 1. The Balaban J connectivity index is 2.34. The number of nitrogens with zero attached hydrogens (tertiary/aromatic N) is 1. The predicted molar refractivity (Wildman–Crippen MR) is 99.9 cm³/mol. The lowest BCUT2D eigenvalue weighted by Gasteiger charge is -2.13. The Labute approximate surface area is 150 Å². The number of carboxylic acids is 1. The minimum absolute atomic E-state index is 0.0954. The summed E-state index contributed by atoms with van der Waals surface area (Å²) >= 11 is 0. The van der Waals surface area contributed by atoms with Crippen LogP contribution in [0.4, 0.5) is 5.69 Å². The number of unbranched alkanes of at least 4 members (excludes halogenated alkanes) is 9. The normalized spacial score (nSPS) is 12.0. The molecular weight excluding hydrogens is 318 g/mol. The average Bonchev–Trinajstić information content (AvgIpc) is 2.59. The molecule has 0 aliphatic rings. The summed E-state index contributed by atoms with van der Waals surface area (Å²) in [6.07, 6.45) is 12.3. The Hall–Kier alpha value is -1.91. The topological polar surface area (TPSA) is 80.4 Å². The number of nitro groups is 1. The van der Waals surface area contributed by atoms with Crippen LogP contribution in [0.2, 0.25) is 0 Å². The lowest BCUT2D eigenvalue weighted by Crippen LogP contribution is -2.13. The van der Waals surface area contributed by atoms with Crippen LogP contribution in [0.3, 0.4) is 0 Å². The molecule has 0 radical (unpaired) electrons. The molecule has 5 nitrogen and oxygen atoms in total. The molecule has 1 aromatic rings. The first-order valence-corrected chi connectivity index (χ1v) is 9.54. The van der Waals surface area contributed by atoms with Crippen molar-refractivity contribution >= 4 is 11.7 Å². The number of hydrogen-bond acceptors (Lipinski definition) is 3. The van der Waals surface area contributed by atoms with Crippen molar-refractivity contribution in [2.75, 3.05) is 0 Å². The van der Waals surface area contributed by atoms with E-state index in [1.54, 1.807) is 18.2 Å². The van der Waals surface area contributed by atoms with E-state index in [9.17, 15) is 20.0 Å². The number of benzene rings is 1. The molecule has 0 saturated heterocycles. The maximum Gasteiger partial charge on any atom is 0.311 e. The van der Waals surface area contributed by atoms with E-state index in [1.807, 2.05) is 0 Å². The molecule has 0 fully saturated rings. The molecule has 0 saturated carbocycles. The Morgan fingerprint density at radius 1 is 1.00 bits per heavy atom. The quantitative estimate of drug-likeness (QED) is 0.251. The molecule has 1 atom stereocenters. The van der Waals surface area contributed by atoms with Gasteiger partial charge in [0, 0.05) is 11.6 Å². The van der Waals surface area contributed by atoms with Gasteiger partial charge in [0.2, 0.25) is 0 Å². The van der Waals surface area contributed by atoms with Crippen molar-refractivity contribution in [3.8, 4) is 0 Å². The van der Waals surface area contributed by atoms with Crippen molar-refractivity contribution in [3.05, 3.63) is 39.9 Å². The lowest BCUT2D eigenvalue weighted by atomic mass is 9.91. The van der Waals surface area contributed by atoms with Crippen LogP contribution < -0.4 is 0 Å². The lowest BCUT2D eigenvalue weighted by molar-refractivity contribution is -0.385. The first-order valence-electron chi connectivity index (χ1n) is 9.54. The fourth-order valence-corrected chi connectivity index (χ4v) is 3.20. The van der Waals surface area contributed by atoms with E-state index in [0.717, 1.165) is 19.3 Å². The number of hydrogen-bond donors (Lipinski definition) is 1. The molecule has 0 amide bonds. The van der Waals surface area contributed by atoms with Gasteiger partial charge in [0.25, 0.3) is 5.69 Å². The van der Waals surface area contributed by atoms with E-state index < -0.39 is 16.8 Å². The summed E-state index contributed by atoms with van der Waals surface area (Å²) in [7, 11) is 0. The minimum Gasteiger partial charge on any atom is -0.481 e. The van der Waals surface area contributed by atoms with Crippen LogP contribution in [-0.4, -0.2) is 16.0 Å². The molecule has 5 heteroatoms. The zero-order chi connectivity index (χ0) is 18.5. The predicted octanol–water partition coefficient (Wildman–Crippen LogP) is 6.07. The third-order valence-electron chi connectivity index (χ3n) is 4.65. The van der Waals surface area contributed by atoms with E-state index in [2.05, 4.69) is 6.92 Å². The summed E-state index contributed by atoms with van der Waals surface area (Å²) in [4.78, 5) is 22.2. The van der Waals surface area contributed by atoms with Gasteiger partial charge in [0.15, 0.2) is 0 Å². The minimum atomic E-state index is -0.981. The van der Waals surface area contributed by atoms with E-state index in [1.165, 1.54) is 51.0 Å². The van der Waals surface area contributed by atoms with Crippen LogP contribution in [0.15, 0.2) is 24.3 Å². The van der Waals surface area contributed by atoms with Crippen molar-refractivity contribution in [2.45, 2.75) is 83.5 Å². The van der Waals surface area contributed by atoms with Gasteiger partial charge in [-0.1, -0.05) is 89.3 Å². The fraction of sp³-hybridized carbons (Fsp3) is 0.650. The third kappa shape index (κ3) is 8.14. The van der Waals surface area contributed by atoms with Crippen LogP contribution in [0.25, 0.3) is 0 Å². The second-order valence-corrected chi connectivity index (χ2v) is 6.68. The van der Waals surface area contributed by atoms with Crippen molar-refractivity contribution in [1.82, 2.24) is 0 Å². The van der Waals surface area contributed by atoms with Crippen molar-refractivity contribution in [1.29, 1.82) is 0 Å². The Morgan fingerprint density at radius 3 is 2.04 bits per heavy atom. The highest BCUT2D eigenvalue weighted by molar-refractivity contribution is 5.77. The molecule has 1 aromatic carbocycles. The summed E-state index contributed by atoms with van der Waals surface area (Å²) < 4.78 is 0. The molecular formula is C20H31NO4. The number of para-hydroxylation sites is 1. The van der Waals surface area contributed by atoms with Gasteiger partial charge < -0.3 is 5.11 Å². The van der Waals surface area contributed by atoms with Gasteiger partial charge in [-0.05, 0) is 6.42 Å². The van der Waals surface area contributed by atoms with E-state index in [-0.39, 0.29) is 5.69 Å². The number of rotatable bonds is 14. The highest BCUT2D eigenvalue weighted by Crippen LogP contribution is 2.30. The summed E-state index contributed by atoms with van der Waals surface area (Å²) in [6, 6.07) is 6.18. The summed E-state index contributed by atoms with van der Waals surface area (Å²) in [5.41, 5.74) is 0.220. The molecule has 25 heavy (non-hydrogen) atoms. The summed E-state index contributed by atoms with van der Waals surface area (Å²) in [5.74, 6) is -1.78. The summed E-state index contributed by atoms with van der Waals surface area (Å²) in [6.45, 7) is 2.22. The zero-order valence-corrected chi connectivity index (χ0v) is 15.3. The van der Waals surface area contributed by atoms with Gasteiger partial charge in [0.1, 0.15) is 0 Å². The van der Waals surface area contributed by atoms with Gasteiger partial charge in [-0.25, -0.2) is 0 Å². The monoisotopic (exact) mass is 349 g/mol. The number of aliphatic carboxylic acids is 1. The molecule has 0 aromatic heterocycles. The van der Waals surface area contributed by atoms with Crippen molar-refractivity contribution < 1.29 is 14.8 Å². The van der Waals surface area contributed by atoms with Crippen LogP contribution in [0.5, 0.6) is 0 Å². The van der Waals surface area contributed by atoms with Gasteiger partial charge in [-0.15, -0.1) is 0 Å². The average molecular weight is 349 g/mol. The largest absolute Gasteiger partial charge is 0.481 e. The Bertz CT molecular complexity index is 530. The number of carbonyl (C=O) groups is 1. The first kappa shape index (κ1) is 21.1. The van der Waals surface area contributed by atoms with Crippen LogP contribution in [0, 0.1) is 10.1 Å². The molecule has 140 valence electrons. The molecule has 0 heterocycles. The Kier molecular flexibility index (Phi) is 10.5. The molecule has 1 rings (SSSR count). The maximum atomic E-state index is 11.5. The van der Waals surface area contributed by atoms with E-state index >= 15 is 0 Å².